The molecule has 2 aromatic rings. The second-order valence-corrected chi connectivity index (χ2v) is 6.37. The molecule has 0 bridgehead atoms. The van der Waals surface area contributed by atoms with Gasteiger partial charge >= 0.3 is 5.97 Å². The third-order valence-corrected chi connectivity index (χ3v) is 3.67. The Balaban J connectivity index is 1.83. The molecular formula is C22H24N4O3. The highest BCUT2D eigenvalue weighted by Gasteiger charge is 2.05. The van der Waals surface area contributed by atoms with E-state index in [-0.39, 0.29) is 5.91 Å². The third kappa shape index (κ3) is 7.42. The average molecular weight is 392 g/mol. The SMILES string of the molecule is C=C(C)C(=O)NCCNc1ccc(N=Nc2ccc(OC(=O)C(=C)C)cc2)cc1. The number of nitrogens with one attached hydrogen (secondary N) is 2. The summed E-state index contributed by atoms with van der Waals surface area (Å²) >= 11 is 0. The van der Waals surface area contributed by atoms with Crippen molar-refractivity contribution in [3.8, 4) is 5.75 Å². The molecule has 2 rings (SSSR count). The zero-order valence-corrected chi connectivity index (χ0v) is 16.6. The molecule has 0 heterocycles. The molecular weight excluding hydrogens is 368 g/mol. The van der Waals surface area contributed by atoms with Crippen LogP contribution < -0.4 is 15.4 Å². The monoisotopic (exact) mass is 392 g/mol. The van der Waals surface area contributed by atoms with Crippen molar-refractivity contribution in [2.75, 3.05) is 18.4 Å². The van der Waals surface area contributed by atoms with Gasteiger partial charge in [0.05, 0.1) is 11.4 Å². The number of rotatable bonds is 9. The molecule has 0 unspecified atom stereocenters. The van der Waals surface area contributed by atoms with Gasteiger partial charge in [0.2, 0.25) is 5.91 Å². The van der Waals surface area contributed by atoms with Gasteiger partial charge in [0.15, 0.2) is 0 Å². The van der Waals surface area contributed by atoms with E-state index in [0.29, 0.717) is 41.4 Å². The Kier molecular flexibility index (Phi) is 7.85. The maximum Gasteiger partial charge on any atom is 0.338 e. The maximum absolute atomic E-state index is 11.5. The summed E-state index contributed by atoms with van der Waals surface area (Å²) in [4.78, 5) is 22.9. The Morgan fingerprint density at radius 2 is 1.41 bits per heavy atom. The highest BCUT2D eigenvalue weighted by Crippen LogP contribution is 2.22. The van der Waals surface area contributed by atoms with Crippen LogP contribution in [0, 0.1) is 0 Å². The number of esters is 1. The summed E-state index contributed by atoms with van der Waals surface area (Å²) in [7, 11) is 0. The molecule has 0 aliphatic rings. The van der Waals surface area contributed by atoms with E-state index in [2.05, 4.69) is 34.0 Å². The number of carbonyl (C=O) groups excluding carboxylic acids is 2. The molecule has 2 aromatic carbocycles. The molecule has 1 amide bonds. The Bertz CT molecular complexity index is 916. The van der Waals surface area contributed by atoms with Gasteiger partial charge in [-0.25, -0.2) is 4.79 Å². The average Bonchev–Trinajstić information content (AvgIpc) is 2.71. The molecule has 150 valence electrons. The molecule has 0 aromatic heterocycles. The van der Waals surface area contributed by atoms with Crippen molar-refractivity contribution in [2.45, 2.75) is 13.8 Å². The highest BCUT2D eigenvalue weighted by molar-refractivity contribution is 5.92. The first-order valence-electron chi connectivity index (χ1n) is 9.02. The minimum Gasteiger partial charge on any atom is -0.423 e. The van der Waals surface area contributed by atoms with Gasteiger partial charge in [0, 0.05) is 29.9 Å². The van der Waals surface area contributed by atoms with Crippen LogP contribution in [0.15, 0.2) is 83.1 Å². The normalized spacial score (nSPS) is 10.4. The molecule has 7 heteroatoms. The van der Waals surface area contributed by atoms with E-state index in [4.69, 9.17) is 4.74 Å². The van der Waals surface area contributed by atoms with Gasteiger partial charge in [-0.2, -0.15) is 10.2 Å². The Labute approximate surface area is 170 Å². The van der Waals surface area contributed by atoms with Crippen molar-refractivity contribution in [3.63, 3.8) is 0 Å². The smallest absolute Gasteiger partial charge is 0.338 e. The standard InChI is InChI=1S/C22H24N4O3/c1-15(2)21(27)24-14-13-23-17-5-7-18(8-6-17)25-26-19-9-11-20(12-10-19)29-22(28)16(3)4/h5-12,23H,1,3,13-14H2,2,4H3,(H,24,27). The van der Waals surface area contributed by atoms with Crippen LogP contribution >= 0.6 is 0 Å². The summed E-state index contributed by atoms with van der Waals surface area (Å²) in [5, 5.41) is 14.3. The molecule has 0 aliphatic carbocycles. The molecule has 0 saturated heterocycles. The van der Waals surface area contributed by atoms with E-state index in [1.165, 1.54) is 0 Å². The van der Waals surface area contributed by atoms with Crippen LogP contribution in [0.4, 0.5) is 17.1 Å². The van der Waals surface area contributed by atoms with E-state index >= 15 is 0 Å². The fourth-order valence-corrected chi connectivity index (χ4v) is 2.07. The molecule has 2 N–H and O–H groups in total. The van der Waals surface area contributed by atoms with Crippen LogP contribution in [-0.4, -0.2) is 25.0 Å². The molecule has 0 atom stereocenters. The summed E-state index contributed by atoms with van der Waals surface area (Å²) in [6.45, 7) is 11.5. The minimum atomic E-state index is -0.466. The molecule has 0 saturated carbocycles. The number of hydrogen-bond acceptors (Lipinski definition) is 6. The Morgan fingerprint density at radius 3 is 1.93 bits per heavy atom. The van der Waals surface area contributed by atoms with Crippen molar-refractivity contribution in [1.82, 2.24) is 5.32 Å². The van der Waals surface area contributed by atoms with Crippen molar-refractivity contribution in [3.05, 3.63) is 72.8 Å². The predicted molar refractivity (Wildman–Crippen MR) is 114 cm³/mol. The number of hydrogen-bond donors (Lipinski definition) is 2. The lowest BCUT2D eigenvalue weighted by Gasteiger charge is -2.08. The van der Waals surface area contributed by atoms with Crippen molar-refractivity contribution in [1.29, 1.82) is 0 Å². The fraction of sp³-hybridized carbons (Fsp3) is 0.182. The number of anilines is 1. The van der Waals surface area contributed by atoms with Crippen molar-refractivity contribution < 1.29 is 14.3 Å². The van der Waals surface area contributed by atoms with Gasteiger partial charge in [0.25, 0.3) is 0 Å². The van der Waals surface area contributed by atoms with Gasteiger partial charge in [-0.15, -0.1) is 0 Å². The number of azo groups is 1. The lowest BCUT2D eigenvalue weighted by atomic mass is 10.3. The third-order valence-electron chi connectivity index (χ3n) is 3.67. The molecule has 0 aliphatic heterocycles. The fourth-order valence-electron chi connectivity index (χ4n) is 2.07. The zero-order valence-electron chi connectivity index (χ0n) is 16.6. The van der Waals surface area contributed by atoms with Crippen LogP contribution in [-0.2, 0) is 9.59 Å². The van der Waals surface area contributed by atoms with Crippen LogP contribution in [0.2, 0.25) is 0 Å². The lowest BCUT2D eigenvalue weighted by Crippen LogP contribution is -2.28. The number of carbonyl (C=O) groups is 2. The maximum atomic E-state index is 11.5. The van der Waals surface area contributed by atoms with Gasteiger partial charge in [-0.05, 0) is 62.4 Å². The summed E-state index contributed by atoms with van der Waals surface area (Å²) in [6, 6.07) is 14.1. The molecule has 7 nitrogen and oxygen atoms in total. The van der Waals surface area contributed by atoms with E-state index in [0.717, 1.165) is 5.69 Å². The second kappa shape index (κ2) is 10.6. The van der Waals surface area contributed by atoms with Crippen molar-refractivity contribution in [2.24, 2.45) is 10.2 Å². The predicted octanol–water partition coefficient (Wildman–Crippen LogP) is 4.69. The van der Waals surface area contributed by atoms with Crippen molar-refractivity contribution >= 4 is 28.9 Å². The van der Waals surface area contributed by atoms with Gasteiger partial charge in [-0.3, -0.25) is 4.79 Å². The lowest BCUT2D eigenvalue weighted by molar-refractivity contribution is -0.130. The minimum absolute atomic E-state index is 0.149. The van der Waals surface area contributed by atoms with E-state index in [1.807, 2.05) is 24.3 Å². The van der Waals surface area contributed by atoms with E-state index in [9.17, 15) is 9.59 Å². The summed E-state index contributed by atoms with van der Waals surface area (Å²) in [5.41, 5.74) is 3.07. The van der Waals surface area contributed by atoms with Crippen LogP contribution in [0.1, 0.15) is 13.8 Å². The first kappa shape index (κ1) is 21.6. The first-order chi connectivity index (χ1) is 13.8. The van der Waals surface area contributed by atoms with Gasteiger partial charge in [-0.1, -0.05) is 13.2 Å². The largest absolute Gasteiger partial charge is 0.423 e. The number of nitrogens with zero attached hydrogens (tertiary/aromatic N) is 2. The molecule has 29 heavy (non-hydrogen) atoms. The van der Waals surface area contributed by atoms with Crippen LogP contribution in [0.25, 0.3) is 0 Å². The summed E-state index contributed by atoms with van der Waals surface area (Å²) < 4.78 is 5.13. The summed E-state index contributed by atoms with van der Waals surface area (Å²) in [6.07, 6.45) is 0. The van der Waals surface area contributed by atoms with Gasteiger partial charge in [0.1, 0.15) is 5.75 Å². The zero-order chi connectivity index (χ0) is 21.2. The summed E-state index contributed by atoms with van der Waals surface area (Å²) in [5.74, 6) is -0.192. The van der Waals surface area contributed by atoms with Gasteiger partial charge < -0.3 is 15.4 Å². The van der Waals surface area contributed by atoms with E-state index < -0.39 is 5.97 Å². The topological polar surface area (TPSA) is 92.2 Å². The van der Waals surface area contributed by atoms with E-state index in [1.54, 1.807) is 38.1 Å². The highest BCUT2D eigenvalue weighted by atomic mass is 16.5. The number of amides is 1. The molecule has 0 radical (unpaired) electrons. The quantitative estimate of drug-likeness (QED) is 0.213. The van der Waals surface area contributed by atoms with Crippen LogP contribution in [0.5, 0.6) is 5.75 Å². The molecule has 0 spiro atoms. The Morgan fingerprint density at radius 1 is 0.862 bits per heavy atom. The molecule has 0 fully saturated rings. The second-order valence-electron chi connectivity index (χ2n) is 6.37. The number of ether oxygens (including phenoxy) is 1. The number of benzene rings is 2. The Hall–Kier alpha value is -3.74. The first-order valence-corrected chi connectivity index (χ1v) is 9.02. The van der Waals surface area contributed by atoms with Crippen LogP contribution in [0.3, 0.4) is 0 Å².